The first-order valence-corrected chi connectivity index (χ1v) is 10.3. The van der Waals surface area contributed by atoms with E-state index in [-0.39, 0.29) is 5.57 Å². The minimum Gasteiger partial charge on any atom is -0.493 e. The molecule has 0 saturated heterocycles. The molecule has 6 heteroatoms. The van der Waals surface area contributed by atoms with Crippen molar-refractivity contribution in [2.24, 2.45) is 0 Å². The Kier molecular flexibility index (Phi) is 7.25. The molecule has 0 unspecified atom stereocenters. The standard InChI is InChI=1S/C24H22N2O3S/c1-17-5-3-6-19(11-17)16-29-22-9-8-18(13-23(22)28-2)12-20(14-25)24(27)26-15-21-7-4-10-30-21/h3-13H,15-16H2,1-2H3,(H,26,27)/b20-12+. The summed E-state index contributed by atoms with van der Waals surface area (Å²) in [5.41, 5.74) is 2.94. The van der Waals surface area contributed by atoms with Crippen LogP contribution in [0.4, 0.5) is 0 Å². The number of benzene rings is 2. The maximum atomic E-state index is 12.3. The van der Waals surface area contributed by atoms with E-state index < -0.39 is 5.91 Å². The predicted octanol–water partition coefficient (Wildman–Crippen LogP) is 4.87. The lowest BCUT2D eigenvalue weighted by Gasteiger charge is -2.12. The molecule has 0 saturated carbocycles. The molecule has 3 aromatic rings. The van der Waals surface area contributed by atoms with Crippen molar-refractivity contribution in [3.05, 3.63) is 87.1 Å². The van der Waals surface area contributed by atoms with Gasteiger partial charge < -0.3 is 14.8 Å². The Morgan fingerprint density at radius 1 is 1.17 bits per heavy atom. The van der Waals surface area contributed by atoms with E-state index in [1.807, 2.05) is 48.7 Å². The molecule has 2 aromatic carbocycles. The monoisotopic (exact) mass is 418 g/mol. The molecule has 0 aliphatic rings. The maximum Gasteiger partial charge on any atom is 0.262 e. The average Bonchev–Trinajstić information content (AvgIpc) is 3.28. The molecule has 30 heavy (non-hydrogen) atoms. The van der Waals surface area contributed by atoms with Gasteiger partial charge in [0.15, 0.2) is 11.5 Å². The van der Waals surface area contributed by atoms with Crippen molar-refractivity contribution in [3.63, 3.8) is 0 Å². The van der Waals surface area contributed by atoms with E-state index in [4.69, 9.17) is 9.47 Å². The van der Waals surface area contributed by atoms with Crippen molar-refractivity contribution in [3.8, 4) is 17.6 Å². The fraction of sp³-hybridized carbons (Fsp3) is 0.167. The zero-order valence-electron chi connectivity index (χ0n) is 16.8. The molecule has 1 heterocycles. The second-order valence-corrected chi connectivity index (χ2v) is 7.65. The zero-order valence-corrected chi connectivity index (χ0v) is 17.7. The Morgan fingerprint density at radius 2 is 2.03 bits per heavy atom. The molecular formula is C24H22N2O3S. The van der Waals surface area contributed by atoms with E-state index in [1.165, 1.54) is 11.6 Å². The van der Waals surface area contributed by atoms with Gasteiger partial charge in [0.1, 0.15) is 18.2 Å². The number of nitriles is 1. The highest BCUT2D eigenvalue weighted by Gasteiger charge is 2.11. The molecule has 5 nitrogen and oxygen atoms in total. The molecule has 0 aliphatic carbocycles. The van der Waals surface area contributed by atoms with Crippen LogP contribution in [0.1, 0.15) is 21.6 Å². The van der Waals surface area contributed by atoms with Crippen molar-refractivity contribution in [1.29, 1.82) is 5.26 Å². The number of rotatable bonds is 8. The number of carbonyl (C=O) groups excluding carboxylic acids is 1. The number of methoxy groups -OCH3 is 1. The number of thiophene rings is 1. The molecule has 3 rings (SSSR count). The minimum atomic E-state index is -0.412. The molecule has 1 N–H and O–H groups in total. The Hall–Kier alpha value is -3.56. The quantitative estimate of drug-likeness (QED) is 0.419. The summed E-state index contributed by atoms with van der Waals surface area (Å²) in [5, 5.41) is 14.1. The summed E-state index contributed by atoms with van der Waals surface area (Å²) in [5.74, 6) is 0.717. The molecule has 0 bridgehead atoms. The van der Waals surface area contributed by atoms with Crippen LogP contribution in [-0.2, 0) is 17.9 Å². The third-order valence-corrected chi connectivity index (χ3v) is 5.22. The highest BCUT2D eigenvalue weighted by Crippen LogP contribution is 2.29. The number of hydrogen-bond donors (Lipinski definition) is 1. The summed E-state index contributed by atoms with van der Waals surface area (Å²) in [6.07, 6.45) is 1.54. The highest BCUT2D eigenvalue weighted by atomic mass is 32.1. The third kappa shape index (κ3) is 5.72. The van der Waals surface area contributed by atoms with Crippen LogP contribution >= 0.6 is 11.3 Å². The first-order valence-electron chi connectivity index (χ1n) is 9.38. The second-order valence-electron chi connectivity index (χ2n) is 6.62. The Bertz CT molecular complexity index is 1080. The van der Waals surface area contributed by atoms with E-state index >= 15 is 0 Å². The van der Waals surface area contributed by atoms with Crippen LogP contribution in [0.5, 0.6) is 11.5 Å². The molecular weight excluding hydrogens is 396 g/mol. The number of ether oxygens (including phenoxy) is 2. The van der Waals surface area contributed by atoms with Gasteiger partial charge in [0.25, 0.3) is 5.91 Å². The van der Waals surface area contributed by atoms with Gasteiger partial charge in [0, 0.05) is 4.88 Å². The average molecular weight is 419 g/mol. The van der Waals surface area contributed by atoms with Gasteiger partial charge in [-0.2, -0.15) is 5.26 Å². The summed E-state index contributed by atoms with van der Waals surface area (Å²) in [6.45, 7) is 2.85. The van der Waals surface area contributed by atoms with E-state index in [0.29, 0.717) is 30.2 Å². The van der Waals surface area contributed by atoms with Crippen LogP contribution < -0.4 is 14.8 Å². The van der Waals surface area contributed by atoms with Crippen LogP contribution in [0.15, 0.2) is 65.6 Å². The van der Waals surface area contributed by atoms with Crippen LogP contribution in [0.2, 0.25) is 0 Å². The number of nitrogens with zero attached hydrogens (tertiary/aromatic N) is 1. The van der Waals surface area contributed by atoms with Crippen LogP contribution in [0, 0.1) is 18.3 Å². The lowest BCUT2D eigenvalue weighted by Crippen LogP contribution is -2.23. The first kappa shape index (κ1) is 21.2. The van der Waals surface area contributed by atoms with E-state index in [9.17, 15) is 10.1 Å². The number of aryl methyl sites for hydroxylation is 1. The van der Waals surface area contributed by atoms with Crippen LogP contribution in [-0.4, -0.2) is 13.0 Å². The lowest BCUT2D eigenvalue weighted by molar-refractivity contribution is -0.117. The number of amides is 1. The second kappa shape index (κ2) is 10.3. The molecule has 0 radical (unpaired) electrons. The van der Waals surface area contributed by atoms with Crippen molar-refractivity contribution in [2.75, 3.05) is 7.11 Å². The number of carbonyl (C=O) groups is 1. The van der Waals surface area contributed by atoms with E-state index in [0.717, 1.165) is 10.4 Å². The molecule has 0 fully saturated rings. The summed E-state index contributed by atoms with van der Waals surface area (Å²) >= 11 is 1.55. The summed E-state index contributed by atoms with van der Waals surface area (Å²) < 4.78 is 11.3. The Morgan fingerprint density at radius 3 is 2.73 bits per heavy atom. The fourth-order valence-corrected chi connectivity index (χ4v) is 3.49. The van der Waals surface area contributed by atoms with Crippen LogP contribution in [0.3, 0.4) is 0 Å². The van der Waals surface area contributed by atoms with Gasteiger partial charge in [-0.15, -0.1) is 11.3 Å². The largest absolute Gasteiger partial charge is 0.493 e. The first-order chi connectivity index (χ1) is 14.6. The van der Waals surface area contributed by atoms with Gasteiger partial charge in [0.05, 0.1) is 13.7 Å². The SMILES string of the molecule is COc1cc(/C=C(\C#N)C(=O)NCc2cccs2)ccc1OCc1cccc(C)c1. The van der Waals surface area contributed by atoms with Gasteiger partial charge in [-0.1, -0.05) is 42.0 Å². The van der Waals surface area contributed by atoms with Gasteiger partial charge >= 0.3 is 0 Å². The maximum absolute atomic E-state index is 12.3. The Balaban J connectivity index is 1.70. The predicted molar refractivity (Wildman–Crippen MR) is 118 cm³/mol. The van der Waals surface area contributed by atoms with E-state index in [2.05, 4.69) is 11.4 Å². The summed E-state index contributed by atoms with van der Waals surface area (Å²) in [4.78, 5) is 13.4. The Labute approximate surface area is 180 Å². The lowest BCUT2D eigenvalue weighted by atomic mass is 10.1. The molecule has 0 aliphatic heterocycles. The third-order valence-electron chi connectivity index (χ3n) is 4.34. The minimum absolute atomic E-state index is 0.0297. The summed E-state index contributed by atoms with van der Waals surface area (Å²) in [6, 6.07) is 19.2. The smallest absolute Gasteiger partial charge is 0.262 e. The van der Waals surface area contributed by atoms with Crippen LogP contribution in [0.25, 0.3) is 6.08 Å². The van der Waals surface area contributed by atoms with Gasteiger partial charge in [-0.05, 0) is 47.7 Å². The van der Waals surface area contributed by atoms with E-state index in [1.54, 1.807) is 36.6 Å². The van der Waals surface area contributed by atoms with Crippen molar-refractivity contribution in [2.45, 2.75) is 20.1 Å². The molecule has 1 aromatic heterocycles. The fourth-order valence-electron chi connectivity index (χ4n) is 2.85. The molecule has 1 amide bonds. The van der Waals surface area contributed by atoms with Gasteiger partial charge in [0.2, 0.25) is 0 Å². The molecule has 0 atom stereocenters. The topological polar surface area (TPSA) is 71.3 Å². The van der Waals surface area contributed by atoms with Crippen molar-refractivity contribution >= 4 is 23.3 Å². The zero-order chi connectivity index (χ0) is 21.3. The highest BCUT2D eigenvalue weighted by molar-refractivity contribution is 7.09. The van der Waals surface area contributed by atoms with Gasteiger partial charge in [-0.3, -0.25) is 4.79 Å². The van der Waals surface area contributed by atoms with Crippen molar-refractivity contribution in [1.82, 2.24) is 5.32 Å². The molecule has 0 spiro atoms. The molecule has 152 valence electrons. The normalized spacial score (nSPS) is 10.9. The number of hydrogen-bond acceptors (Lipinski definition) is 5. The van der Waals surface area contributed by atoms with Crippen molar-refractivity contribution < 1.29 is 14.3 Å². The van der Waals surface area contributed by atoms with Gasteiger partial charge in [-0.25, -0.2) is 0 Å². The summed E-state index contributed by atoms with van der Waals surface area (Å²) in [7, 11) is 1.56. The number of nitrogens with one attached hydrogen (secondary N) is 1.